The van der Waals surface area contributed by atoms with Crippen molar-refractivity contribution in [2.75, 3.05) is 5.75 Å². The molecule has 2 atom stereocenters. The standard InChI is InChI=1S/C14H19FN2OS/c1-8(2)12(14(16)18)17-11-6-7-19-13-9(11)4-3-5-10(13)15/h3-5,8,11-12,17H,6-7H2,1-2H3,(H2,16,18). The van der Waals surface area contributed by atoms with E-state index in [2.05, 4.69) is 5.32 Å². The van der Waals surface area contributed by atoms with Crippen molar-refractivity contribution >= 4 is 17.7 Å². The zero-order chi connectivity index (χ0) is 14.0. The molecule has 0 fully saturated rings. The molecule has 3 N–H and O–H groups in total. The Morgan fingerprint density at radius 1 is 1.53 bits per heavy atom. The lowest BCUT2D eigenvalue weighted by Crippen LogP contribution is -2.47. The minimum absolute atomic E-state index is 0.00755. The number of benzene rings is 1. The third kappa shape index (κ3) is 3.09. The van der Waals surface area contributed by atoms with E-state index in [0.717, 1.165) is 17.7 Å². The van der Waals surface area contributed by atoms with Gasteiger partial charge in [0.05, 0.1) is 6.04 Å². The molecular weight excluding hydrogens is 263 g/mol. The maximum absolute atomic E-state index is 13.8. The van der Waals surface area contributed by atoms with E-state index in [9.17, 15) is 9.18 Å². The van der Waals surface area contributed by atoms with E-state index in [1.807, 2.05) is 19.9 Å². The van der Waals surface area contributed by atoms with Gasteiger partial charge in [-0.3, -0.25) is 10.1 Å². The van der Waals surface area contributed by atoms with Crippen molar-refractivity contribution in [3.63, 3.8) is 0 Å². The number of halogens is 1. The Bertz CT molecular complexity index is 479. The van der Waals surface area contributed by atoms with Crippen molar-refractivity contribution in [3.8, 4) is 0 Å². The number of rotatable bonds is 4. The Hall–Kier alpha value is -1.07. The minimum Gasteiger partial charge on any atom is -0.368 e. The third-order valence-corrected chi connectivity index (χ3v) is 4.54. The molecule has 1 aliphatic rings. The highest BCUT2D eigenvalue weighted by Gasteiger charge is 2.28. The summed E-state index contributed by atoms with van der Waals surface area (Å²) < 4.78 is 13.8. The van der Waals surface area contributed by atoms with Crippen molar-refractivity contribution in [1.29, 1.82) is 0 Å². The first kappa shape index (κ1) is 14.3. The van der Waals surface area contributed by atoms with Crippen LogP contribution in [0.4, 0.5) is 4.39 Å². The molecule has 0 spiro atoms. The van der Waals surface area contributed by atoms with E-state index in [-0.39, 0.29) is 29.7 Å². The van der Waals surface area contributed by atoms with Crippen LogP contribution in [0.1, 0.15) is 31.9 Å². The van der Waals surface area contributed by atoms with Gasteiger partial charge in [0.2, 0.25) is 5.91 Å². The molecule has 2 unspecified atom stereocenters. The molecule has 19 heavy (non-hydrogen) atoms. The topological polar surface area (TPSA) is 55.1 Å². The van der Waals surface area contributed by atoms with Crippen LogP contribution in [-0.4, -0.2) is 17.7 Å². The fraction of sp³-hybridized carbons (Fsp3) is 0.500. The summed E-state index contributed by atoms with van der Waals surface area (Å²) in [5.74, 6) is 0.416. The Morgan fingerprint density at radius 2 is 2.26 bits per heavy atom. The fourth-order valence-electron chi connectivity index (χ4n) is 2.38. The van der Waals surface area contributed by atoms with Gasteiger partial charge in [-0.05, 0) is 29.7 Å². The van der Waals surface area contributed by atoms with E-state index >= 15 is 0 Å². The number of carbonyl (C=O) groups is 1. The minimum atomic E-state index is -0.385. The van der Waals surface area contributed by atoms with E-state index < -0.39 is 0 Å². The van der Waals surface area contributed by atoms with Gasteiger partial charge in [0.25, 0.3) is 0 Å². The summed E-state index contributed by atoms with van der Waals surface area (Å²) in [7, 11) is 0. The molecule has 1 aromatic rings. The number of fused-ring (bicyclic) bond motifs is 1. The molecule has 0 aliphatic carbocycles. The lowest BCUT2D eigenvalue weighted by molar-refractivity contribution is -0.121. The fourth-order valence-corrected chi connectivity index (χ4v) is 3.52. The molecule has 3 nitrogen and oxygen atoms in total. The zero-order valence-corrected chi connectivity index (χ0v) is 12.0. The first-order chi connectivity index (χ1) is 9.00. The average Bonchev–Trinajstić information content (AvgIpc) is 2.36. The molecule has 1 amide bonds. The molecular formula is C14H19FN2OS. The van der Waals surface area contributed by atoms with Crippen LogP contribution in [0, 0.1) is 11.7 Å². The summed E-state index contributed by atoms with van der Waals surface area (Å²) >= 11 is 1.53. The number of primary amides is 1. The average molecular weight is 282 g/mol. The molecule has 0 saturated carbocycles. The van der Waals surface area contributed by atoms with Crippen LogP contribution in [-0.2, 0) is 4.79 Å². The van der Waals surface area contributed by atoms with Crippen LogP contribution in [0.2, 0.25) is 0 Å². The first-order valence-corrected chi connectivity index (χ1v) is 7.46. The van der Waals surface area contributed by atoms with Gasteiger partial charge < -0.3 is 5.73 Å². The smallest absolute Gasteiger partial charge is 0.234 e. The number of nitrogens with one attached hydrogen (secondary N) is 1. The second kappa shape index (κ2) is 5.92. The van der Waals surface area contributed by atoms with Gasteiger partial charge >= 0.3 is 0 Å². The molecule has 0 radical (unpaired) electrons. The van der Waals surface area contributed by atoms with Crippen LogP contribution in [0.25, 0.3) is 0 Å². The van der Waals surface area contributed by atoms with Crippen molar-refractivity contribution in [2.24, 2.45) is 11.7 Å². The highest BCUT2D eigenvalue weighted by Crippen LogP contribution is 2.38. The van der Waals surface area contributed by atoms with Crippen LogP contribution in [0.3, 0.4) is 0 Å². The summed E-state index contributed by atoms with van der Waals surface area (Å²) in [4.78, 5) is 12.2. The van der Waals surface area contributed by atoms with E-state index in [4.69, 9.17) is 5.73 Å². The van der Waals surface area contributed by atoms with Crippen LogP contribution < -0.4 is 11.1 Å². The van der Waals surface area contributed by atoms with Crippen LogP contribution in [0.15, 0.2) is 23.1 Å². The van der Waals surface area contributed by atoms with Gasteiger partial charge in [0.15, 0.2) is 0 Å². The third-order valence-electron chi connectivity index (χ3n) is 3.38. The Morgan fingerprint density at radius 3 is 2.89 bits per heavy atom. The van der Waals surface area contributed by atoms with Gasteiger partial charge in [-0.2, -0.15) is 0 Å². The maximum Gasteiger partial charge on any atom is 0.234 e. The number of hydrogen-bond acceptors (Lipinski definition) is 3. The summed E-state index contributed by atoms with van der Waals surface area (Å²) in [5, 5.41) is 3.28. The number of carbonyl (C=O) groups excluding carboxylic acids is 1. The Kier molecular flexibility index (Phi) is 4.47. The number of nitrogens with two attached hydrogens (primary N) is 1. The predicted molar refractivity (Wildman–Crippen MR) is 75.4 cm³/mol. The molecule has 0 saturated heterocycles. The van der Waals surface area contributed by atoms with Gasteiger partial charge in [0.1, 0.15) is 5.82 Å². The quantitative estimate of drug-likeness (QED) is 0.892. The molecule has 2 rings (SSSR count). The second-order valence-corrected chi connectivity index (χ2v) is 6.24. The number of amides is 1. The molecule has 5 heteroatoms. The molecule has 104 valence electrons. The molecule has 0 bridgehead atoms. The largest absolute Gasteiger partial charge is 0.368 e. The molecule has 0 aromatic heterocycles. The zero-order valence-electron chi connectivity index (χ0n) is 11.2. The van der Waals surface area contributed by atoms with Crippen molar-refractivity contribution in [3.05, 3.63) is 29.6 Å². The van der Waals surface area contributed by atoms with E-state index in [0.29, 0.717) is 4.90 Å². The lowest BCUT2D eigenvalue weighted by atomic mass is 9.98. The molecule has 1 heterocycles. The van der Waals surface area contributed by atoms with E-state index in [1.54, 1.807) is 6.07 Å². The number of thioether (sulfide) groups is 1. The summed E-state index contributed by atoms with van der Waals surface area (Å²) in [6, 6.07) is 4.71. The SMILES string of the molecule is CC(C)C(NC1CCSc2c(F)cccc21)C(N)=O. The first-order valence-electron chi connectivity index (χ1n) is 6.47. The molecule has 1 aliphatic heterocycles. The van der Waals surface area contributed by atoms with Crippen molar-refractivity contribution in [2.45, 2.75) is 37.2 Å². The van der Waals surface area contributed by atoms with Gasteiger partial charge in [0, 0.05) is 10.9 Å². The normalized spacial score (nSPS) is 20.1. The summed E-state index contributed by atoms with van der Waals surface area (Å²) in [6.07, 6.45) is 0.873. The molecule has 1 aromatic carbocycles. The second-order valence-electron chi connectivity index (χ2n) is 5.14. The van der Waals surface area contributed by atoms with Crippen LogP contribution >= 0.6 is 11.8 Å². The van der Waals surface area contributed by atoms with Crippen molar-refractivity contribution in [1.82, 2.24) is 5.32 Å². The van der Waals surface area contributed by atoms with Crippen LogP contribution in [0.5, 0.6) is 0 Å². The monoisotopic (exact) mass is 282 g/mol. The predicted octanol–water partition coefficient (Wildman–Crippen LogP) is 2.46. The number of hydrogen-bond donors (Lipinski definition) is 2. The highest BCUT2D eigenvalue weighted by atomic mass is 32.2. The lowest BCUT2D eigenvalue weighted by Gasteiger charge is -2.30. The highest BCUT2D eigenvalue weighted by molar-refractivity contribution is 7.99. The maximum atomic E-state index is 13.8. The van der Waals surface area contributed by atoms with Crippen molar-refractivity contribution < 1.29 is 9.18 Å². The summed E-state index contributed by atoms with van der Waals surface area (Å²) in [6.45, 7) is 3.90. The summed E-state index contributed by atoms with van der Waals surface area (Å²) in [5.41, 5.74) is 6.36. The van der Waals surface area contributed by atoms with E-state index in [1.165, 1.54) is 17.8 Å². The van der Waals surface area contributed by atoms with Gasteiger partial charge in [-0.25, -0.2) is 4.39 Å². The van der Waals surface area contributed by atoms with Gasteiger partial charge in [-0.1, -0.05) is 26.0 Å². The van der Waals surface area contributed by atoms with Gasteiger partial charge in [-0.15, -0.1) is 11.8 Å². The Balaban J connectivity index is 2.24. The Labute approximate surface area is 117 Å².